The molecule has 0 spiro atoms. The standard InChI is InChI=1S/C14H11BrCl2FN/c1-19-14(8-4-2-3-5-11(8)16)9-6-7-10(15)12(17)13(9)18/h2-7,14,19H,1H3. The summed E-state index contributed by atoms with van der Waals surface area (Å²) in [6, 6.07) is 10.4. The quantitative estimate of drug-likeness (QED) is 0.739. The fraction of sp³-hybridized carbons (Fsp3) is 0.143. The van der Waals surface area contributed by atoms with Crippen LogP contribution >= 0.6 is 39.1 Å². The summed E-state index contributed by atoms with van der Waals surface area (Å²) < 4.78 is 14.8. The predicted molar refractivity (Wildman–Crippen MR) is 81.5 cm³/mol. The lowest BCUT2D eigenvalue weighted by atomic mass is 9.98. The van der Waals surface area contributed by atoms with Crippen LogP contribution in [0.1, 0.15) is 17.2 Å². The van der Waals surface area contributed by atoms with Gasteiger partial charge in [-0.15, -0.1) is 0 Å². The van der Waals surface area contributed by atoms with Crippen molar-refractivity contribution in [1.82, 2.24) is 5.32 Å². The van der Waals surface area contributed by atoms with Crippen molar-refractivity contribution >= 4 is 39.1 Å². The molecule has 1 N–H and O–H groups in total. The summed E-state index contributed by atoms with van der Waals surface area (Å²) in [6.07, 6.45) is 0. The zero-order chi connectivity index (χ0) is 14.0. The minimum absolute atomic E-state index is 0.0739. The molecule has 5 heteroatoms. The first-order valence-corrected chi connectivity index (χ1v) is 7.16. The molecule has 0 radical (unpaired) electrons. The van der Waals surface area contributed by atoms with Crippen LogP contribution in [0, 0.1) is 5.82 Å². The first kappa shape index (κ1) is 14.8. The molecule has 0 bridgehead atoms. The minimum Gasteiger partial charge on any atom is -0.309 e. The number of hydrogen-bond acceptors (Lipinski definition) is 1. The molecule has 2 aromatic rings. The van der Waals surface area contributed by atoms with Gasteiger partial charge in [0.1, 0.15) is 5.82 Å². The Morgan fingerprint density at radius 3 is 2.42 bits per heavy atom. The molecule has 0 aromatic heterocycles. The van der Waals surface area contributed by atoms with Crippen molar-refractivity contribution in [1.29, 1.82) is 0 Å². The van der Waals surface area contributed by atoms with Gasteiger partial charge in [0.05, 0.1) is 11.1 Å². The highest BCUT2D eigenvalue weighted by molar-refractivity contribution is 9.10. The molecule has 1 nitrogen and oxygen atoms in total. The molecule has 19 heavy (non-hydrogen) atoms. The smallest absolute Gasteiger partial charge is 0.148 e. The van der Waals surface area contributed by atoms with Crippen molar-refractivity contribution in [3.05, 3.63) is 67.9 Å². The Bertz CT molecular complexity index is 604. The van der Waals surface area contributed by atoms with Gasteiger partial charge in [0.25, 0.3) is 0 Å². The average Bonchev–Trinajstić information content (AvgIpc) is 2.41. The van der Waals surface area contributed by atoms with E-state index in [-0.39, 0.29) is 11.1 Å². The molecule has 0 saturated carbocycles. The average molecular weight is 363 g/mol. The molecule has 100 valence electrons. The van der Waals surface area contributed by atoms with Crippen LogP contribution < -0.4 is 5.32 Å². The summed E-state index contributed by atoms with van der Waals surface area (Å²) in [5.74, 6) is -0.449. The first-order chi connectivity index (χ1) is 9.06. The van der Waals surface area contributed by atoms with Crippen LogP contribution in [0.25, 0.3) is 0 Å². The van der Waals surface area contributed by atoms with E-state index < -0.39 is 5.82 Å². The van der Waals surface area contributed by atoms with E-state index in [1.165, 1.54) is 0 Å². The number of hydrogen-bond donors (Lipinski definition) is 1. The van der Waals surface area contributed by atoms with Crippen molar-refractivity contribution in [2.24, 2.45) is 0 Å². The second kappa shape index (κ2) is 6.23. The Labute approximate surface area is 129 Å². The Morgan fingerprint density at radius 2 is 1.79 bits per heavy atom. The van der Waals surface area contributed by atoms with Crippen molar-refractivity contribution in [2.75, 3.05) is 7.05 Å². The van der Waals surface area contributed by atoms with Crippen LogP contribution in [-0.2, 0) is 0 Å². The molecular formula is C14H11BrCl2FN. The SMILES string of the molecule is CNC(c1ccccc1Cl)c1ccc(Br)c(Cl)c1F. The van der Waals surface area contributed by atoms with Gasteiger partial charge in [-0.2, -0.15) is 0 Å². The van der Waals surface area contributed by atoms with E-state index in [0.29, 0.717) is 15.1 Å². The summed E-state index contributed by atoms with van der Waals surface area (Å²) >= 11 is 15.3. The van der Waals surface area contributed by atoms with Crippen LogP contribution in [0.3, 0.4) is 0 Å². The topological polar surface area (TPSA) is 12.0 Å². The van der Waals surface area contributed by atoms with Crippen molar-refractivity contribution in [2.45, 2.75) is 6.04 Å². The predicted octanol–water partition coefficient (Wildman–Crippen LogP) is 5.20. The monoisotopic (exact) mass is 361 g/mol. The molecule has 0 heterocycles. The van der Waals surface area contributed by atoms with Gasteiger partial charge in [-0.3, -0.25) is 0 Å². The molecule has 0 amide bonds. The van der Waals surface area contributed by atoms with Gasteiger partial charge in [0.2, 0.25) is 0 Å². The first-order valence-electron chi connectivity index (χ1n) is 5.61. The molecule has 1 atom stereocenters. The third-order valence-corrected chi connectivity index (χ3v) is 4.48. The number of halogens is 4. The van der Waals surface area contributed by atoms with Crippen molar-refractivity contribution in [3.8, 4) is 0 Å². The van der Waals surface area contributed by atoms with Crippen LogP contribution in [0.2, 0.25) is 10.0 Å². The maximum atomic E-state index is 14.3. The fourth-order valence-corrected chi connectivity index (χ4v) is 2.67. The second-order valence-electron chi connectivity index (χ2n) is 4.01. The summed E-state index contributed by atoms with van der Waals surface area (Å²) in [4.78, 5) is 0. The van der Waals surface area contributed by atoms with E-state index in [9.17, 15) is 4.39 Å². The molecule has 2 aromatic carbocycles. The Morgan fingerprint density at radius 1 is 1.11 bits per heavy atom. The van der Waals surface area contributed by atoms with Gasteiger partial charge in [0, 0.05) is 15.1 Å². The summed E-state index contributed by atoms with van der Waals surface area (Å²) in [5.41, 5.74) is 1.27. The molecule has 0 aliphatic heterocycles. The highest BCUT2D eigenvalue weighted by Crippen LogP contribution is 2.34. The highest BCUT2D eigenvalue weighted by Gasteiger charge is 2.21. The zero-order valence-corrected chi connectivity index (χ0v) is 13.2. The van der Waals surface area contributed by atoms with E-state index in [2.05, 4.69) is 21.2 Å². The third-order valence-electron chi connectivity index (χ3n) is 2.88. The number of rotatable bonds is 3. The Balaban J connectivity index is 2.55. The summed E-state index contributed by atoms with van der Waals surface area (Å²) in [6.45, 7) is 0. The van der Waals surface area contributed by atoms with E-state index >= 15 is 0 Å². The molecule has 0 aliphatic carbocycles. The van der Waals surface area contributed by atoms with E-state index in [1.54, 1.807) is 25.2 Å². The van der Waals surface area contributed by atoms with Gasteiger partial charge in [-0.1, -0.05) is 47.5 Å². The van der Waals surface area contributed by atoms with Crippen LogP contribution in [0.5, 0.6) is 0 Å². The maximum Gasteiger partial charge on any atom is 0.148 e. The molecule has 0 fully saturated rings. The van der Waals surface area contributed by atoms with Gasteiger partial charge < -0.3 is 5.32 Å². The fourth-order valence-electron chi connectivity index (χ4n) is 1.95. The van der Waals surface area contributed by atoms with Gasteiger partial charge >= 0.3 is 0 Å². The lowest BCUT2D eigenvalue weighted by molar-refractivity contribution is 0.576. The summed E-state index contributed by atoms with van der Waals surface area (Å²) in [5, 5.41) is 3.72. The zero-order valence-electron chi connectivity index (χ0n) is 10.1. The maximum absolute atomic E-state index is 14.3. The Kier molecular flexibility index (Phi) is 4.85. The lowest BCUT2D eigenvalue weighted by Crippen LogP contribution is -2.19. The Hall–Kier alpha value is -0.610. The van der Waals surface area contributed by atoms with Crippen LogP contribution in [-0.4, -0.2) is 7.05 Å². The molecule has 1 unspecified atom stereocenters. The third kappa shape index (κ3) is 2.95. The molecule has 0 saturated heterocycles. The van der Waals surface area contributed by atoms with Crippen molar-refractivity contribution in [3.63, 3.8) is 0 Å². The van der Waals surface area contributed by atoms with Gasteiger partial charge in [-0.05, 0) is 40.7 Å². The molecular weight excluding hydrogens is 352 g/mol. The second-order valence-corrected chi connectivity index (χ2v) is 5.65. The van der Waals surface area contributed by atoms with E-state index in [0.717, 1.165) is 5.56 Å². The van der Waals surface area contributed by atoms with Crippen molar-refractivity contribution < 1.29 is 4.39 Å². The lowest BCUT2D eigenvalue weighted by Gasteiger charge is -2.20. The summed E-state index contributed by atoms with van der Waals surface area (Å²) in [7, 11) is 1.75. The number of benzene rings is 2. The van der Waals surface area contributed by atoms with Gasteiger partial charge in [0.15, 0.2) is 0 Å². The van der Waals surface area contributed by atoms with Crippen LogP contribution in [0.4, 0.5) is 4.39 Å². The largest absolute Gasteiger partial charge is 0.309 e. The van der Waals surface area contributed by atoms with Gasteiger partial charge in [-0.25, -0.2) is 4.39 Å². The number of nitrogens with one attached hydrogen (secondary N) is 1. The van der Waals surface area contributed by atoms with E-state index in [1.807, 2.05) is 18.2 Å². The highest BCUT2D eigenvalue weighted by atomic mass is 79.9. The molecule has 0 aliphatic rings. The van der Waals surface area contributed by atoms with E-state index in [4.69, 9.17) is 23.2 Å². The van der Waals surface area contributed by atoms with Crippen LogP contribution in [0.15, 0.2) is 40.9 Å². The minimum atomic E-state index is -0.449. The normalized spacial score (nSPS) is 12.5. The molecule has 2 rings (SSSR count).